The van der Waals surface area contributed by atoms with Crippen molar-refractivity contribution in [3.63, 3.8) is 0 Å². The molecule has 0 atom stereocenters. The van der Waals surface area contributed by atoms with Gasteiger partial charge in [0.05, 0.1) is 10.7 Å². The first-order valence-corrected chi connectivity index (χ1v) is 9.74. The molecule has 0 saturated heterocycles. The molecule has 0 unspecified atom stereocenters. The molecule has 6 heteroatoms. The molecule has 0 amide bonds. The zero-order chi connectivity index (χ0) is 19.8. The van der Waals surface area contributed by atoms with Gasteiger partial charge in [0, 0.05) is 23.5 Å². The summed E-state index contributed by atoms with van der Waals surface area (Å²) in [6.45, 7) is 0. The highest BCUT2D eigenvalue weighted by atomic mass is 79.9. The van der Waals surface area contributed by atoms with Crippen molar-refractivity contribution >= 4 is 38.2 Å². The van der Waals surface area contributed by atoms with Gasteiger partial charge in [-0.05, 0) is 56.4 Å². The molecule has 29 heavy (non-hydrogen) atoms. The van der Waals surface area contributed by atoms with E-state index in [0.29, 0.717) is 21.6 Å². The first-order valence-electron chi connectivity index (χ1n) is 8.94. The molecule has 0 spiro atoms. The van der Waals surface area contributed by atoms with E-state index in [1.807, 2.05) is 24.3 Å². The van der Waals surface area contributed by atoms with E-state index in [1.54, 1.807) is 23.1 Å². The monoisotopic (exact) mass is 439 g/mol. The third kappa shape index (κ3) is 3.12. The second-order valence-electron chi connectivity index (χ2n) is 6.51. The smallest absolute Gasteiger partial charge is 0.166 e. The van der Waals surface area contributed by atoms with Crippen LogP contribution in [0, 0.1) is 11.8 Å². The van der Waals surface area contributed by atoms with E-state index in [2.05, 4.69) is 68.2 Å². The quantitative estimate of drug-likeness (QED) is 0.384. The van der Waals surface area contributed by atoms with Crippen LogP contribution in [0.2, 0.25) is 0 Å². The van der Waals surface area contributed by atoms with Crippen molar-refractivity contribution in [3.05, 3.63) is 88.9 Å². The van der Waals surface area contributed by atoms with Crippen molar-refractivity contribution in [2.75, 3.05) is 5.73 Å². The average Bonchev–Trinajstić information content (AvgIpc) is 3.19. The second-order valence-corrected chi connectivity index (χ2v) is 7.30. The lowest BCUT2D eigenvalue weighted by atomic mass is 10.0. The normalized spacial score (nSPS) is 10.8. The minimum absolute atomic E-state index is 0.456. The zero-order valence-corrected chi connectivity index (χ0v) is 16.8. The molecule has 2 aromatic carbocycles. The Bertz CT molecular complexity index is 1430. The molecule has 5 rings (SSSR count). The van der Waals surface area contributed by atoms with Gasteiger partial charge in [0.15, 0.2) is 5.65 Å². The highest BCUT2D eigenvalue weighted by Gasteiger charge is 2.15. The van der Waals surface area contributed by atoms with Crippen molar-refractivity contribution in [1.82, 2.24) is 19.6 Å². The molecule has 0 aliphatic carbocycles. The summed E-state index contributed by atoms with van der Waals surface area (Å²) in [4.78, 5) is 8.83. The number of hydrogen-bond acceptors (Lipinski definition) is 4. The fourth-order valence-corrected chi connectivity index (χ4v) is 3.56. The van der Waals surface area contributed by atoms with Crippen molar-refractivity contribution < 1.29 is 0 Å². The number of nitrogen functional groups attached to an aromatic ring is 1. The van der Waals surface area contributed by atoms with Crippen LogP contribution in [0.3, 0.4) is 0 Å². The van der Waals surface area contributed by atoms with Gasteiger partial charge in [0.2, 0.25) is 0 Å². The number of halogens is 1. The fourth-order valence-electron chi connectivity index (χ4n) is 3.21. The lowest BCUT2D eigenvalue weighted by Gasteiger charge is -2.06. The second kappa shape index (κ2) is 7.04. The summed E-state index contributed by atoms with van der Waals surface area (Å²) in [5.41, 5.74) is 10.3. The van der Waals surface area contributed by atoms with Crippen LogP contribution in [0.1, 0.15) is 11.3 Å². The molecular formula is C23H14BrN5. The molecule has 0 fully saturated rings. The van der Waals surface area contributed by atoms with E-state index in [0.717, 1.165) is 22.1 Å². The van der Waals surface area contributed by atoms with Crippen LogP contribution < -0.4 is 5.73 Å². The molecule has 5 aromatic rings. The van der Waals surface area contributed by atoms with Gasteiger partial charge in [0.25, 0.3) is 0 Å². The molecular weight excluding hydrogens is 426 g/mol. The number of nitrogens with two attached hydrogens (primary N) is 1. The Morgan fingerprint density at radius 3 is 2.62 bits per heavy atom. The maximum absolute atomic E-state index is 6.30. The standard InChI is InChI=1S/C23H14BrN5/c24-21-20(10-7-15-4-3-11-26-13-15)28-23-19(14-27-29(23)22(21)25)18-9-8-16-5-1-2-6-17(16)12-18/h1-6,8-9,11-14H,25H2. The lowest BCUT2D eigenvalue weighted by Crippen LogP contribution is -2.04. The Hall–Kier alpha value is -3.69. The Kier molecular flexibility index (Phi) is 4.23. The number of hydrogen-bond donors (Lipinski definition) is 1. The SMILES string of the molecule is Nc1c(Br)c(C#Cc2cccnc2)nc2c(-c3ccc4ccccc4c3)cnn12. The molecule has 3 heterocycles. The average molecular weight is 440 g/mol. The number of fused-ring (bicyclic) bond motifs is 2. The van der Waals surface area contributed by atoms with Crippen LogP contribution in [0.15, 0.2) is 77.7 Å². The van der Waals surface area contributed by atoms with Gasteiger partial charge in [-0.15, -0.1) is 0 Å². The third-order valence-electron chi connectivity index (χ3n) is 4.67. The van der Waals surface area contributed by atoms with Crippen LogP contribution in [0.25, 0.3) is 27.5 Å². The molecule has 0 bridgehead atoms. The maximum Gasteiger partial charge on any atom is 0.166 e. The molecule has 138 valence electrons. The summed E-state index contributed by atoms with van der Waals surface area (Å²) < 4.78 is 2.25. The Balaban J connectivity index is 1.68. The van der Waals surface area contributed by atoms with E-state index in [9.17, 15) is 0 Å². The largest absolute Gasteiger partial charge is 0.383 e. The van der Waals surface area contributed by atoms with E-state index in [4.69, 9.17) is 10.7 Å². The maximum atomic E-state index is 6.30. The van der Waals surface area contributed by atoms with Crippen LogP contribution in [-0.4, -0.2) is 19.6 Å². The van der Waals surface area contributed by atoms with Crippen molar-refractivity contribution in [2.24, 2.45) is 0 Å². The van der Waals surface area contributed by atoms with Gasteiger partial charge < -0.3 is 5.73 Å². The minimum atomic E-state index is 0.456. The van der Waals surface area contributed by atoms with Gasteiger partial charge in [-0.25, -0.2) is 4.98 Å². The predicted octanol–water partition coefficient (Wildman–Crippen LogP) is 4.69. The fraction of sp³-hybridized carbons (Fsp3) is 0. The van der Waals surface area contributed by atoms with E-state index >= 15 is 0 Å². The van der Waals surface area contributed by atoms with Crippen molar-refractivity contribution in [1.29, 1.82) is 0 Å². The molecule has 0 aliphatic heterocycles. The Labute approximate surface area is 175 Å². The van der Waals surface area contributed by atoms with Gasteiger partial charge in [-0.2, -0.15) is 9.61 Å². The third-order valence-corrected chi connectivity index (χ3v) is 5.45. The highest BCUT2D eigenvalue weighted by molar-refractivity contribution is 9.10. The Morgan fingerprint density at radius 2 is 1.79 bits per heavy atom. The summed E-state index contributed by atoms with van der Waals surface area (Å²) in [6, 6.07) is 18.3. The number of nitrogens with zero attached hydrogens (tertiary/aromatic N) is 4. The minimum Gasteiger partial charge on any atom is -0.383 e. The topological polar surface area (TPSA) is 69.1 Å². The van der Waals surface area contributed by atoms with Gasteiger partial charge >= 0.3 is 0 Å². The van der Waals surface area contributed by atoms with E-state index < -0.39 is 0 Å². The first kappa shape index (κ1) is 17.4. The number of anilines is 1. The van der Waals surface area contributed by atoms with E-state index in [1.165, 1.54) is 5.39 Å². The van der Waals surface area contributed by atoms with Crippen LogP contribution in [0.5, 0.6) is 0 Å². The van der Waals surface area contributed by atoms with Gasteiger partial charge in [0.1, 0.15) is 11.5 Å². The van der Waals surface area contributed by atoms with Crippen molar-refractivity contribution in [2.45, 2.75) is 0 Å². The van der Waals surface area contributed by atoms with Crippen LogP contribution in [-0.2, 0) is 0 Å². The number of pyridine rings is 1. The van der Waals surface area contributed by atoms with Crippen LogP contribution in [0.4, 0.5) is 5.82 Å². The predicted molar refractivity (Wildman–Crippen MR) is 118 cm³/mol. The first-order chi connectivity index (χ1) is 14.2. The summed E-state index contributed by atoms with van der Waals surface area (Å²) in [5, 5.41) is 6.78. The highest BCUT2D eigenvalue weighted by Crippen LogP contribution is 2.31. The molecule has 5 nitrogen and oxygen atoms in total. The summed E-state index contributed by atoms with van der Waals surface area (Å²) in [7, 11) is 0. The van der Waals surface area contributed by atoms with Crippen LogP contribution >= 0.6 is 15.9 Å². The number of aromatic nitrogens is 4. The van der Waals surface area contributed by atoms with Crippen molar-refractivity contribution in [3.8, 4) is 23.0 Å². The molecule has 0 radical (unpaired) electrons. The van der Waals surface area contributed by atoms with Gasteiger partial charge in [-0.3, -0.25) is 4.98 Å². The lowest BCUT2D eigenvalue weighted by molar-refractivity contribution is 0.943. The molecule has 0 aliphatic rings. The number of benzene rings is 2. The Morgan fingerprint density at radius 1 is 0.931 bits per heavy atom. The zero-order valence-electron chi connectivity index (χ0n) is 15.2. The van der Waals surface area contributed by atoms with E-state index in [-0.39, 0.29) is 0 Å². The molecule has 3 aromatic heterocycles. The summed E-state index contributed by atoms with van der Waals surface area (Å²) in [5.74, 6) is 6.63. The van der Waals surface area contributed by atoms with Gasteiger partial charge in [-0.1, -0.05) is 42.3 Å². The molecule has 0 saturated carbocycles. The number of rotatable bonds is 1. The summed E-state index contributed by atoms with van der Waals surface area (Å²) >= 11 is 3.51. The molecule has 2 N–H and O–H groups in total. The summed E-state index contributed by atoms with van der Waals surface area (Å²) in [6.07, 6.45) is 5.21.